The van der Waals surface area contributed by atoms with Crippen LogP contribution >= 0.6 is 11.6 Å². The topological polar surface area (TPSA) is 140 Å². The number of nitrogens with zero attached hydrogens (tertiary/aromatic N) is 4. The van der Waals surface area contributed by atoms with Crippen LogP contribution < -0.4 is 15.2 Å². The van der Waals surface area contributed by atoms with Gasteiger partial charge in [0.05, 0.1) is 24.7 Å². The summed E-state index contributed by atoms with van der Waals surface area (Å²) in [5.74, 6) is -0.988. The molecule has 0 fully saturated rings. The van der Waals surface area contributed by atoms with Crippen LogP contribution in [-0.2, 0) is 17.9 Å². The second-order valence-corrected chi connectivity index (χ2v) is 8.57. The molecular formula is C21H27ClFN5O6. The number of halogens is 2. The molecule has 2 rings (SSSR count). The monoisotopic (exact) mass is 499 g/mol. The average Bonchev–Trinajstić information content (AvgIpc) is 2.72. The van der Waals surface area contributed by atoms with Gasteiger partial charge in [0.1, 0.15) is 11.4 Å². The molecule has 13 heteroatoms. The van der Waals surface area contributed by atoms with Gasteiger partial charge >= 0.3 is 17.8 Å². The van der Waals surface area contributed by atoms with E-state index in [1.165, 1.54) is 12.1 Å². The molecule has 34 heavy (non-hydrogen) atoms. The Morgan fingerprint density at radius 2 is 2.06 bits per heavy atom. The SMILES string of the molecule is CCCCOc1nc(Cl)c([N+](=O)[O-])c(N(Cc2ccc(F)c(CO)c2)NC(=O)OC(C)(C)C)n1. The van der Waals surface area contributed by atoms with Crippen molar-refractivity contribution >= 4 is 29.2 Å². The summed E-state index contributed by atoms with van der Waals surface area (Å²) in [6.45, 7) is 6.37. The van der Waals surface area contributed by atoms with Gasteiger partial charge in [-0.3, -0.25) is 15.1 Å². The maximum absolute atomic E-state index is 13.8. The van der Waals surface area contributed by atoms with Crippen molar-refractivity contribution < 1.29 is 28.7 Å². The highest BCUT2D eigenvalue weighted by atomic mass is 35.5. The lowest BCUT2D eigenvalue weighted by Crippen LogP contribution is -2.45. The molecule has 2 N–H and O–H groups in total. The molecule has 1 aromatic heterocycles. The summed E-state index contributed by atoms with van der Waals surface area (Å²) in [4.78, 5) is 31.4. The number of aromatic nitrogens is 2. The summed E-state index contributed by atoms with van der Waals surface area (Å²) in [6.07, 6.45) is 0.596. The first-order chi connectivity index (χ1) is 15.9. The minimum absolute atomic E-state index is 0.00789. The minimum Gasteiger partial charge on any atom is -0.463 e. The Morgan fingerprint density at radius 3 is 2.65 bits per heavy atom. The number of carbonyl (C=O) groups excluding carboxylic acids is 1. The molecule has 1 amide bonds. The fourth-order valence-corrected chi connectivity index (χ4v) is 2.95. The lowest BCUT2D eigenvalue weighted by atomic mass is 10.1. The van der Waals surface area contributed by atoms with Crippen molar-refractivity contribution in [2.24, 2.45) is 0 Å². The van der Waals surface area contributed by atoms with Crippen LogP contribution in [0.4, 0.5) is 20.7 Å². The van der Waals surface area contributed by atoms with Crippen molar-refractivity contribution in [1.82, 2.24) is 15.4 Å². The second-order valence-electron chi connectivity index (χ2n) is 8.21. The molecule has 0 unspecified atom stereocenters. The minimum atomic E-state index is -0.922. The fourth-order valence-electron chi connectivity index (χ4n) is 2.72. The molecule has 0 saturated heterocycles. The number of ether oxygens (including phenoxy) is 2. The van der Waals surface area contributed by atoms with E-state index in [1.54, 1.807) is 20.8 Å². The van der Waals surface area contributed by atoms with Crippen LogP contribution in [0, 0.1) is 15.9 Å². The number of unbranched alkanes of at least 4 members (excludes halogenated alkanes) is 1. The van der Waals surface area contributed by atoms with Crippen molar-refractivity contribution in [2.75, 3.05) is 11.6 Å². The summed E-state index contributed by atoms with van der Waals surface area (Å²) in [5, 5.41) is 21.7. The van der Waals surface area contributed by atoms with Crippen molar-refractivity contribution in [3.63, 3.8) is 0 Å². The Bertz CT molecular complexity index is 1030. The Balaban J connectivity index is 2.55. The summed E-state index contributed by atoms with van der Waals surface area (Å²) in [5.41, 5.74) is 1.29. The smallest absolute Gasteiger partial charge is 0.426 e. The molecule has 1 heterocycles. The van der Waals surface area contributed by atoms with E-state index in [0.717, 1.165) is 17.5 Å². The fraction of sp³-hybridized carbons (Fsp3) is 0.476. The zero-order valence-corrected chi connectivity index (χ0v) is 20.1. The van der Waals surface area contributed by atoms with E-state index in [2.05, 4.69) is 15.4 Å². The first-order valence-corrected chi connectivity index (χ1v) is 10.8. The maximum Gasteiger partial charge on any atom is 0.426 e. The number of hydrogen-bond acceptors (Lipinski definition) is 9. The van der Waals surface area contributed by atoms with Gasteiger partial charge < -0.3 is 14.6 Å². The summed E-state index contributed by atoms with van der Waals surface area (Å²) >= 11 is 6.07. The Hall–Kier alpha value is -3.25. The van der Waals surface area contributed by atoms with Crippen LogP contribution in [0.5, 0.6) is 6.01 Å². The highest BCUT2D eigenvalue weighted by Gasteiger charge is 2.31. The number of anilines is 1. The van der Waals surface area contributed by atoms with Crippen LogP contribution in [0.1, 0.15) is 51.7 Å². The number of amides is 1. The first kappa shape index (κ1) is 27.0. The average molecular weight is 500 g/mol. The quantitative estimate of drug-likeness (QED) is 0.212. The van der Waals surface area contributed by atoms with Crippen LogP contribution in [0.2, 0.25) is 5.15 Å². The van der Waals surface area contributed by atoms with Crippen LogP contribution in [-0.4, -0.2) is 38.3 Å². The number of benzene rings is 1. The van der Waals surface area contributed by atoms with Gasteiger partial charge in [-0.25, -0.2) is 14.6 Å². The number of nitro groups is 1. The standard InChI is InChI=1S/C21H27ClFN5O6/c1-5-6-9-33-19-24-17(22)16(28(31)32)18(25-19)27(26-20(30)34-21(2,3)4)11-13-7-8-15(23)14(10-13)12-29/h7-8,10,29H,5-6,9,11-12H2,1-4H3,(H,26,30). The van der Waals surface area contributed by atoms with E-state index >= 15 is 0 Å². The number of aliphatic hydroxyl groups excluding tert-OH is 1. The molecule has 0 spiro atoms. The molecular weight excluding hydrogens is 473 g/mol. The van der Waals surface area contributed by atoms with E-state index in [9.17, 15) is 24.4 Å². The summed E-state index contributed by atoms with van der Waals surface area (Å²) in [6, 6.07) is 3.66. The predicted molar refractivity (Wildman–Crippen MR) is 122 cm³/mol. The predicted octanol–water partition coefficient (Wildman–Crippen LogP) is 4.29. The van der Waals surface area contributed by atoms with Gasteiger partial charge in [0, 0.05) is 5.56 Å². The van der Waals surface area contributed by atoms with Crippen molar-refractivity contribution in [1.29, 1.82) is 0 Å². The highest BCUT2D eigenvalue weighted by Crippen LogP contribution is 2.34. The molecule has 0 atom stereocenters. The molecule has 0 bridgehead atoms. The van der Waals surface area contributed by atoms with Gasteiger partial charge in [-0.2, -0.15) is 9.97 Å². The van der Waals surface area contributed by atoms with E-state index < -0.39 is 39.9 Å². The molecule has 186 valence electrons. The first-order valence-electron chi connectivity index (χ1n) is 10.4. The lowest BCUT2D eigenvalue weighted by Gasteiger charge is -2.27. The van der Waals surface area contributed by atoms with Gasteiger partial charge in [-0.1, -0.05) is 31.0 Å². The number of aliphatic hydroxyl groups is 1. The number of hydrazine groups is 1. The summed E-state index contributed by atoms with van der Waals surface area (Å²) < 4.78 is 24.6. The van der Waals surface area contributed by atoms with E-state index in [0.29, 0.717) is 12.0 Å². The third-order valence-electron chi connectivity index (χ3n) is 4.22. The summed E-state index contributed by atoms with van der Waals surface area (Å²) in [7, 11) is 0. The third kappa shape index (κ3) is 7.66. The zero-order valence-electron chi connectivity index (χ0n) is 19.3. The van der Waals surface area contributed by atoms with Crippen LogP contribution in [0.25, 0.3) is 0 Å². The Kier molecular flexibility index (Phi) is 9.33. The second kappa shape index (κ2) is 11.7. The molecule has 2 aromatic rings. The van der Waals surface area contributed by atoms with Crippen LogP contribution in [0.3, 0.4) is 0 Å². The largest absolute Gasteiger partial charge is 0.463 e. The molecule has 0 saturated carbocycles. The number of nitrogens with one attached hydrogen (secondary N) is 1. The van der Waals surface area contributed by atoms with Gasteiger partial charge in [0.2, 0.25) is 11.0 Å². The molecule has 0 radical (unpaired) electrons. The normalized spacial score (nSPS) is 11.1. The maximum atomic E-state index is 13.8. The molecule has 0 aliphatic rings. The molecule has 0 aliphatic heterocycles. The van der Waals surface area contributed by atoms with Gasteiger partial charge in [0.25, 0.3) is 0 Å². The van der Waals surface area contributed by atoms with Gasteiger partial charge in [0.15, 0.2) is 0 Å². The van der Waals surface area contributed by atoms with E-state index in [-0.39, 0.29) is 30.5 Å². The van der Waals surface area contributed by atoms with E-state index in [1.807, 2.05) is 6.92 Å². The molecule has 0 aliphatic carbocycles. The van der Waals surface area contributed by atoms with Crippen molar-refractivity contribution in [2.45, 2.75) is 59.3 Å². The van der Waals surface area contributed by atoms with E-state index in [4.69, 9.17) is 21.1 Å². The Morgan fingerprint density at radius 1 is 1.35 bits per heavy atom. The van der Waals surface area contributed by atoms with Gasteiger partial charge in [-0.05, 0) is 44.9 Å². The Labute approximate surface area is 201 Å². The lowest BCUT2D eigenvalue weighted by molar-refractivity contribution is -0.384. The van der Waals surface area contributed by atoms with Gasteiger partial charge in [-0.15, -0.1) is 0 Å². The highest BCUT2D eigenvalue weighted by molar-refractivity contribution is 6.32. The van der Waals surface area contributed by atoms with Crippen molar-refractivity contribution in [3.05, 3.63) is 50.4 Å². The zero-order chi connectivity index (χ0) is 25.5. The van der Waals surface area contributed by atoms with Crippen molar-refractivity contribution in [3.8, 4) is 6.01 Å². The molecule has 11 nitrogen and oxygen atoms in total. The third-order valence-corrected chi connectivity index (χ3v) is 4.48. The van der Waals surface area contributed by atoms with Crippen LogP contribution in [0.15, 0.2) is 18.2 Å². The number of carbonyl (C=O) groups is 1. The number of rotatable bonds is 10. The molecule has 1 aromatic carbocycles. The number of hydrogen-bond donors (Lipinski definition) is 2.